The van der Waals surface area contributed by atoms with Gasteiger partial charge in [-0.1, -0.05) is 0 Å². The first-order valence-electron chi connectivity index (χ1n) is 4.95. The third kappa shape index (κ3) is 2.20. The molecule has 0 aliphatic heterocycles. The van der Waals surface area contributed by atoms with Crippen LogP contribution in [-0.4, -0.2) is 26.3 Å². The number of aromatic nitrogens is 1. The van der Waals surface area contributed by atoms with Crippen LogP contribution in [0.25, 0.3) is 10.2 Å². The number of ether oxygens (including phenoxy) is 1. The lowest BCUT2D eigenvalue weighted by Gasteiger charge is -2.05. The zero-order valence-electron chi connectivity index (χ0n) is 9.43. The van der Waals surface area contributed by atoms with Crippen LogP contribution >= 0.6 is 11.3 Å². The molecule has 0 aliphatic carbocycles. The van der Waals surface area contributed by atoms with Crippen LogP contribution in [0.4, 0.5) is 5.69 Å². The molecule has 92 valence electrons. The molecule has 0 spiro atoms. The highest BCUT2D eigenvalue weighted by molar-refractivity contribution is 7.92. The first kappa shape index (κ1) is 12.1. The highest BCUT2D eigenvalue weighted by atomic mass is 32.2. The number of anilines is 1. The molecule has 1 heterocycles. The van der Waals surface area contributed by atoms with E-state index in [1.165, 1.54) is 0 Å². The summed E-state index contributed by atoms with van der Waals surface area (Å²) in [7, 11) is -3.30. The van der Waals surface area contributed by atoms with Crippen molar-refractivity contribution in [1.82, 2.24) is 4.98 Å². The summed E-state index contributed by atoms with van der Waals surface area (Å²) in [5, 5.41) is 0. The summed E-state index contributed by atoms with van der Waals surface area (Å²) in [6.45, 7) is 2.35. The van der Waals surface area contributed by atoms with E-state index in [1.807, 2.05) is 6.92 Å². The van der Waals surface area contributed by atoms with Gasteiger partial charge in [-0.05, 0) is 19.1 Å². The Bertz CT molecular complexity index is 661. The Morgan fingerprint density at radius 3 is 2.76 bits per heavy atom. The molecule has 0 radical (unpaired) electrons. The van der Waals surface area contributed by atoms with Crippen LogP contribution in [-0.2, 0) is 9.84 Å². The second-order valence-electron chi connectivity index (χ2n) is 3.51. The Morgan fingerprint density at radius 1 is 1.47 bits per heavy atom. The summed E-state index contributed by atoms with van der Waals surface area (Å²) >= 11 is 1.11. The van der Waals surface area contributed by atoms with Crippen molar-refractivity contribution in [2.45, 2.75) is 11.3 Å². The number of nitrogens with zero attached hydrogens (tertiary/aromatic N) is 1. The molecule has 0 aliphatic rings. The molecule has 1 aromatic heterocycles. The fourth-order valence-electron chi connectivity index (χ4n) is 1.42. The molecule has 0 fully saturated rings. The van der Waals surface area contributed by atoms with Crippen LogP contribution in [0.5, 0.6) is 5.75 Å². The smallest absolute Gasteiger partial charge is 0.210 e. The lowest BCUT2D eigenvalue weighted by Crippen LogP contribution is -1.98. The minimum Gasteiger partial charge on any atom is -0.492 e. The monoisotopic (exact) mass is 272 g/mol. The van der Waals surface area contributed by atoms with E-state index in [-0.39, 0.29) is 4.34 Å². The fourth-order valence-corrected chi connectivity index (χ4v) is 3.26. The van der Waals surface area contributed by atoms with Crippen molar-refractivity contribution in [3.63, 3.8) is 0 Å². The zero-order chi connectivity index (χ0) is 12.6. The maximum atomic E-state index is 11.4. The Kier molecular flexibility index (Phi) is 2.96. The highest BCUT2D eigenvalue weighted by Gasteiger charge is 2.16. The molecule has 0 unspecified atom stereocenters. The maximum Gasteiger partial charge on any atom is 0.210 e. The van der Waals surface area contributed by atoms with Gasteiger partial charge < -0.3 is 10.5 Å². The molecule has 0 saturated heterocycles. The largest absolute Gasteiger partial charge is 0.492 e. The van der Waals surface area contributed by atoms with E-state index in [9.17, 15) is 8.42 Å². The molecule has 0 amide bonds. The van der Waals surface area contributed by atoms with E-state index in [2.05, 4.69) is 4.98 Å². The number of hydrogen-bond donors (Lipinski definition) is 1. The van der Waals surface area contributed by atoms with E-state index in [0.717, 1.165) is 22.3 Å². The third-order valence-electron chi connectivity index (χ3n) is 2.16. The Labute approximate surface area is 103 Å². The Hall–Kier alpha value is -1.34. The van der Waals surface area contributed by atoms with Crippen LogP contribution in [0.2, 0.25) is 0 Å². The number of fused-ring (bicyclic) bond motifs is 1. The van der Waals surface area contributed by atoms with E-state index >= 15 is 0 Å². The van der Waals surface area contributed by atoms with E-state index in [1.54, 1.807) is 12.1 Å². The summed E-state index contributed by atoms with van der Waals surface area (Å²) in [4.78, 5) is 4.05. The number of sulfone groups is 1. The molecular formula is C10H12N2O3S2. The van der Waals surface area contributed by atoms with E-state index in [4.69, 9.17) is 10.5 Å². The summed E-state index contributed by atoms with van der Waals surface area (Å²) in [5.41, 5.74) is 6.76. The molecular weight excluding hydrogens is 260 g/mol. The van der Waals surface area contributed by atoms with Gasteiger partial charge in [-0.25, -0.2) is 13.4 Å². The Morgan fingerprint density at radius 2 is 2.18 bits per heavy atom. The van der Waals surface area contributed by atoms with Gasteiger partial charge in [0.15, 0.2) is 0 Å². The first-order valence-corrected chi connectivity index (χ1v) is 7.66. The summed E-state index contributed by atoms with van der Waals surface area (Å²) in [5.74, 6) is 0.533. The van der Waals surface area contributed by atoms with Crippen molar-refractivity contribution >= 4 is 37.1 Å². The lowest BCUT2D eigenvalue weighted by atomic mass is 10.2. The molecule has 17 heavy (non-hydrogen) atoms. The SMILES string of the molecule is CCOc1ccc2sc(S(C)(=O)=O)nc2c1N. The summed E-state index contributed by atoms with van der Waals surface area (Å²) in [6, 6.07) is 3.49. The minimum absolute atomic E-state index is 0.0767. The number of thiazole rings is 1. The molecule has 7 heteroatoms. The average molecular weight is 272 g/mol. The van der Waals surface area contributed by atoms with Gasteiger partial charge in [0.05, 0.1) is 11.3 Å². The minimum atomic E-state index is -3.30. The van der Waals surface area contributed by atoms with Crippen molar-refractivity contribution in [1.29, 1.82) is 0 Å². The van der Waals surface area contributed by atoms with Crippen LogP contribution in [0.3, 0.4) is 0 Å². The van der Waals surface area contributed by atoms with Crippen LogP contribution in [0.15, 0.2) is 16.5 Å². The molecule has 2 aromatic rings. The van der Waals surface area contributed by atoms with Crippen molar-refractivity contribution in [3.05, 3.63) is 12.1 Å². The van der Waals surface area contributed by atoms with E-state index < -0.39 is 9.84 Å². The van der Waals surface area contributed by atoms with Crippen LogP contribution < -0.4 is 10.5 Å². The average Bonchev–Trinajstić information content (AvgIpc) is 2.66. The van der Waals surface area contributed by atoms with Gasteiger partial charge in [-0.15, -0.1) is 11.3 Å². The summed E-state index contributed by atoms with van der Waals surface area (Å²) in [6.07, 6.45) is 1.13. The predicted octanol–water partition coefficient (Wildman–Crippen LogP) is 1.68. The first-order chi connectivity index (χ1) is 7.93. The topological polar surface area (TPSA) is 82.3 Å². The van der Waals surface area contributed by atoms with Crippen molar-refractivity contribution in [3.8, 4) is 5.75 Å². The van der Waals surface area contributed by atoms with Gasteiger partial charge in [-0.2, -0.15) is 0 Å². The van der Waals surface area contributed by atoms with Crippen molar-refractivity contribution in [2.24, 2.45) is 0 Å². The molecule has 0 bridgehead atoms. The van der Waals surface area contributed by atoms with Gasteiger partial charge >= 0.3 is 0 Å². The number of hydrogen-bond acceptors (Lipinski definition) is 6. The zero-order valence-corrected chi connectivity index (χ0v) is 11.1. The predicted molar refractivity (Wildman–Crippen MR) is 68.3 cm³/mol. The number of benzene rings is 1. The Balaban J connectivity index is 2.66. The van der Waals surface area contributed by atoms with Gasteiger partial charge in [-0.3, -0.25) is 0 Å². The molecule has 5 nitrogen and oxygen atoms in total. The van der Waals surface area contributed by atoms with Crippen LogP contribution in [0.1, 0.15) is 6.92 Å². The van der Waals surface area contributed by atoms with Crippen molar-refractivity contribution < 1.29 is 13.2 Å². The summed E-state index contributed by atoms with van der Waals surface area (Å²) < 4.78 is 28.9. The number of nitrogens with two attached hydrogens (primary N) is 1. The van der Waals surface area contributed by atoms with Gasteiger partial charge in [0, 0.05) is 6.26 Å². The van der Waals surface area contributed by atoms with Gasteiger partial charge in [0.2, 0.25) is 14.2 Å². The third-order valence-corrected chi connectivity index (χ3v) is 4.86. The second kappa shape index (κ2) is 4.15. The quantitative estimate of drug-likeness (QED) is 0.860. The van der Waals surface area contributed by atoms with Crippen molar-refractivity contribution in [2.75, 3.05) is 18.6 Å². The lowest BCUT2D eigenvalue weighted by molar-refractivity contribution is 0.342. The van der Waals surface area contributed by atoms with E-state index in [0.29, 0.717) is 23.6 Å². The molecule has 2 N–H and O–H groups in total. The maximum absolute atomic E-state index is 11.4. The molecule has 2 rings (SSSR count). The molecule has 0 atom stereocenters. The highest BCUT2D eigenvalue weighted by Crippen LogP contribution is 2.34. The van der Waals surface area contributed by atoms with Crippen LogP contribution in [0, 0.1) is 0 Å². The number of nitrogen functional groups attached to an aromatic ring is 1. The van der Waals surface area contributed by atoms with Gasteiger partial charge in [0.1, 0.15) is 17.0 Å². The molecule has 0 saturated carbocycles. The normalized spacial score (nSPS) is 11.9. The van der Waals surface area contributed by atoms with Gasteiger partial charge in [0.25, 0.3) is 0 Å². The standard InChI is InChI=1S/C10H12N2O3S2/c1-3-15-6-4-5-7-9(8(6)11)12-10(16-7)17(2,13)14/h4-5H,3,11H2,1-2H3. The fraction of sp³-hybridized carbons (Fsp3) is 0.300. The molecule has 1 aromatic carbocycles. The second-order valence-corrected chi connectivity index (χ2v) is 6.73. The number of rotatable bonds is 3.